The van der Waals surface area contributed by atoms with Crippen LogP contribution in [0.1, 0.15) is 17.1 Å². The van der Waals surface area contributed by atoms with Gasteiger partial charge in [-0.05, 0) is 35.9 Å². The van der Waals surface area contributed by atoms with Gasteiger partial charge in [-0.15, -0.1) is 0 Å². The zero-order valence-corrected chi connectivity index (χ0v) is 11.8. The first-order valence-corrected chi connectivity index (χ1v) is 6.85. The Hall–Kier alpha value is -2.57. The quantitative estimate of drug-likeness (QED) is 0.648. The summed E-state index contributed by atoms with van der Waals surface area (Å²) in [6.45, 7) is 0.286. The van der Waals surface area contributed by atoms with Crippen LogP contribution in [0, 0.1) is 0 Å². The van der Waals surface area contributed by atoms with Crippen LogP contribution < -0.4 is 5.32 Å². The second-order valence-corrected chi connectivity index (χ2v) is 4.78. The summed E-state index contributed by atoms with van der Waals surface area (Å²) >= 11 is 0. The highest BCUT2D eigenvalue weighted by molar-refractivity contribution is 5.65. The van der Waals surface area contributed by atoms with Gasteiger partial charge in [-0.1, -0.05) is 0 Å². The van der Waals surface area contributed by atoms with Crippen molar-refractivity contribution in [2.45, 2.75) is 19.8 Å². The summed E-state index contributed by atoms with van der Waals surface area (Å²) in [5.74, 6) is 1.89. The third-order valence-corrected chi connectivity index (χ3v) is 3.31. The van der Waals surface area contributed by atoms with E-state index in [-0.39, 0.29) is 13.2 Å². The number of rotatable bonds is 6. The topological polar surface area (TPSA) is 91.7 Å². The number of aliphatic hydroxyl groups excluding tert-OH is 2. The van der Waals surface area contributed by atoms with E-state index in [2.05, 4.69) is 10.3 Å². The molecule has 0 aliphatic rings. The van der Waals surface area contributed by atoms with Crippen molar-refractivity contribution in [1.82, 2.24) is 4.98 Å². The average molecular weight is 300 g/mol. The van der Waals surface area contributed by atoms with Crippen molar-refractivity contribution in [2.75, 3.05) is 5.32 Å². The number of anilines is 1. The van der Waals surface area contributed by atoms with Gasteiger partial charge in [0.1, 0.15) is 18.1 Å². The van der Waals surface area contributed by atoms with Gasteiger partial charge >= 0.3 is 0 Å². The molecule has 0 radical (unpaired) electrons. The Labute approximate surface area is 127 Å². The van der Waals surface area contributed by atoms with E-state index >= 15 is 0 Å². The smallest absolute Gasteiger partial charge is 0.181 e. The van der Waals surface area contributed by atoms with E-state index in [9.17, 15) is 5.11 Å². The maximum atomic E-state index is 9.53. The molecule has 0 atom stereocenters. The van der Waals surface area contributed by atoms with E-state index in [0.29, 0.717) is 18.1 Å². The normalized spacial score (nSPS) is 10.8. The zero-order chi connectivity index (χ0) is 15.4. The first-order valence-electron chi connectivity index (χ1n) is 6.85. The number of benzene rings is 1. The molecule has 0 spiro atoms. The highest BCUT2D eigenvalue weighted by Crippen LogP contribution is 2.26. The SMILES string of the molecule is OCc1ccc(CNc2ccc(-c3cnco3)c(CO)c2)o1. The summed E-state index contributed by atoms with van der Waals surface area (Å²) in [5.41, 5.74) is 2.41. The van der Waals surface area contributed by atoms with Crippen LogP contribution in [0.3, 0.4) is 0 Å². The number of furan rings is 1. The highest BCUT2D eigenvalue weighted by Gasteiger charge is 2.09. The molecular formula is C16H16N2O4. The van der Waals surface area contributed by atoms with Crippen LogP contribution in [0.2, 0.25) is 0 Å². The maximum absolute atomic E-state index is 9.53. The van der Waals surface area contributed by atoms with Crippen LogP contribution in [0.5, 0.6) is 0 Å². The molecule has 6 nitrogen and oxygen atoms in total. The van der Waals surface area contributed by atoms with E-state index < -0.39 is 0 Å². The molecule has 0 bridgehead atoms. The Morgan fingerprint density at radius 1 is 1.05 bits per heavy atom. The van der Waals surface area contributed by atoms with Gasteiger partial charge < -0.3 is 24.4 Å². The van der Waals surface area contributed by atoms with E-state index in [0.717, 1.165) is 22.6 Å². The van der Waals surface area contributed by atoms with E-state index in [1.165, 1.54) is 6.39 Å². The standard InChI is InChI=1S/C16H16N2O4/c19-8-11-5-12(1-4-15(11)16-7-17-10-21-16)18-6-13-2-3-14(9-20)22-13/h1-5,7,10,18-20H,6,8-9H2. The molecule has 3 N–H and O–H groups in total. The Bertz CT molecular complexity index is 734. The summed E-state index contributed by atoms with van der Waals surface area (Å²) in [5, 5.41) is 21.7. The van der Waals surface area contributed by atoms with Gasteiger partial charge in [0, 0.05) is 11.3 Å². The molecule has 3 rings (SSSR count). The molecule has 6 heteroatoms. The predicted octanol–water partition coefficient (Wildman–Crippen LogP) is 2.53. The summed E-state index contributed by atoms with van der Waals surface area (Å²) in [6, 6.07) is 9.17. The minimum Gasteiger partial charge on any atom is -0.462 e. The number of hydrogen-bond acceptors (Lipinski definition) is 6. The molecule has 0 fully saturated rings. The van der Waals surface area contributed by atoms with E-state index in [1.54, 1.807) is 12.3 Å². The fourth-order valence-corrected chi connectivity index (χ4v) is 2.22. The summed E-state index contributed by atoms with van der Waals surface area (Å²) in [6.07, 6.45) is 2.97. The zero-order valence-electron chi connectivity index (χ0n) is 11.8. The molecule has 3 aromatic rings. The second kappa shape index (κ2) is 6.46. The van der Waals surface area contributed by atoms with Crippen molar-refractivity contribution >= 4 is 5.69 Å². The van der Waals surface area contributed by atoms with E-state index in [4.69, 9.17) is 13.9 Å². The molecule has 114 valence electrons. The number of aliphatic hydroxyl groups is 2. The number of hydrogen-bond donors (Lipinski definition) is 3. The molecule has 0 saturated carbocycles. The minimum atomic E-state index is -0.111. The maximum Gasteiger partial charge on any atom is 0.181 e. The van der Waals surface area contributed by atoms with Gasteiger partial charge in [0.2, 0.25) is 0 Å². The summed E-state index contributed by atoms with van der Waals surface area (Å²) in [4.78, 5) is 3.89. The fraction of sp³-hybridized carbons (Fsp3) is 0.188. The van der Waals surface area contributed by atoms with Gasteiger partial charge in [0.05, 0.1) is 19.3 Å². The van der Waals surface area contributed by atoms with Crippen molar-refractivity contribution < 1.29 is 19.0 Å². The van der Waals surface area contributed by atoms with Crippen LogP contribution in [0.25, 0.3) is 11.3 Å². The number of nitrogens with one attached hydrogen (secondary N) is 1. The van der Waals surface area contributed by atoms with Crippen molar-refractivity contribution in [3.05, 3.63) is 60.0 Å². The van der Waals surface area contributed by atoms with Gasteiger partial charge in [-0.3, -0.25) is 0 Å². The van der Waals surface area contributed by atoms with Gasteiger partial charge in [0.15, 0.2) is 12.2 Å². The molecule has 0 aliphatic carbocycles. The monoisotopic (exact) mass is 300 g/mol. The summed E-state index contributed by atoms with van der Waals surface area (Å²) < 4.78 is 10.7. The summed E-state index contributed by atoms with van der Waals surface area (Å²) in [7, 11) is 0. The van der Waals surface area contributed by atoms with Gasteiger partial charge in [0.25, 0.3) is 0 Å². The van der Waals surface area contributed by atoms with E-state index in [1.807, 2.05) is 24.3 Å². The lowest BCUT2D eigenvalue weighted by Gasteiger charge is -2.09. The predicted molar refractivity (Wildman–Crippen MR) is 79.8 cm³/mol. The number of oxazole rings is 1. The van der Waals surface area contributed by atoms with Crippen LogP contribution in [0.4, 0.5) is 5.69 Å². The first-order chi connectivity index (χ1) is 10.8. The average Bonchev–Trinajstić information content (AvgIpc) is 3.24. The Balaban J connectivity index is 1.74. The number of nitrogens with zero attached hydrogens (tertiary/aromatic N) is 1. The third-order valence-electron chi connectivity index (χ3n) is 3.31. The van der Waals surface area contributed by atoms with Gasteiger partial charge in [-0.2, -0.15) is 0 Å². The molecule has 0 saturated heterocycles. The van der Waals surface area contributed by atoms with Gasteiger partial charge in [-0.25, -0.2) is 4.98 Å². The molecular weight excluding hydrogens is 284 g/mol. The largest absolute Gasteiger partial charge is 0.462 e. The molecule has 0 aliphatic heterocycles. The highest BCUT2D eigenvalue weighted by atomic mass is 16.4. The minimum absolute atomic E-state index is 0.0963. The molecule has 0 amide bonds. The fourth-order valence-electron chi connectivity index (χ4n) is 2.22. The molecule has 22 heavy (non-hydrogen) atoms. The molecule has 2 heterocycles. The Morgan fingerprint density at radius 3 is 2.59 bits per heavy atom. The van der Waals surface area contributed by atoms with Crippen molar-refractivity contribution in [3.8, 4) is 11.3 Å². The second-order valence-electron chi connectivity index (χ2n) is 4.78. The Kier molecular flexibility index (Phi) is 4.22. The first kappa shape index (κ1) is 14.4. The lowest BCUT2D eigenvalue weighted by molar-refractivity contribution is 0.244. The third kappa shape index (κ3) is 3.03. The lowest BCUT2D eigenvalue weighted by atomic mass is 10.1. The van der Waals surface area contributed by atoms with Crippen LogP contribution in [-0.4, -0.2) is 15.2 Å². The molecule has 0 unspecified atom stereocenters. The van der Waals surface area contributed by atoms with Crippen molar-refractivity contribution in [2.24, 2.45) is 0 Å². The van der Waals surface area contributed by atoms with Crippen LogP contribution in [-0.2, 0) is 19.8 Å². The van der Waals surface area contributed by atoms with Crippen LogP contribution >= 0.6 is 0 Å². The Morgan fingerprint density at radius 2 is 1.91 bits per heavy atom. The van der Waals surface area contributed by atoms with Crippen molar-refractivity contribution in [3.63, 3.8) is 0 Å². The molecule has 1 aromatic carbocycles. The number of aromatic nitrogens is 1. The molecule has 2 aromatic heterocycles. The lowest BCUT2D eigenvalue weighted by Crippen LogP contribution is -2.00. The van der Waals surface area contributed by atoms with Crippen LogP contribution in [0.15, 0.2) is 51.8 Å². The van der Waals surface area contributed by atoms with Crippen molar-refractivity contribution in [1.29, 1.82) is 0 Å².